The van der Waals surface area contributed by atoms with Crippen LogP contribution in [0, 0.1) is 0 Å². The molecule has 3 aliphatic heterocycles. The Morgan fingerprint density at radius 3 is 3.00 bits per heavy atom. The molecule has 1 N–H and O–H groups in total. The van der Waals surface area contributed by atoms with Crippen LogP contribution in [0.15, 0.2) is 0 Å². The Kier molecular flexibility index (Phi) is 5.57. The van der Waals surface area contributed by atoms with Crippen LogP contribution in [0.5, 0.6) is 0 Å². The molecule has 0 aromatic carbocycles. The third-order valence-corrected chi connectivity index (χ3v) is 5.32. The molecular weight excluding hydrogens is 312 g/mol. The van der Waals surface area contributed by atoms with Gasteiger partial charge in [-0.15, -0.1) is 0 Å². The first-order valence-electron chi connectivity index (χ1n) is 8.82. The predicted molar refractivity (Wildman–Crippen MR) is 87.7 cm³/mol. The molecule has 0 radical (unpaired) electrons. The fourth-order valence-corrected chi connectivity index (χ4v) is 3.96. The van der Waals surface area contributed by atoms with Gasteiger partial charge >= 0.3 is 6.03 Å². The first-order chi connectivity index (χ1) is 11.7. The molecule has 3 aliphatic rings. The van der Waals surface area contributed by atoms with Gasteiger partial charge in [0.05, 0.1) is 31.9 Å². The minimum absolute atomic E-state index is 0.00615. The van der Waals surface area contributed by atoms with Gasteiger partial charge in [-0.2, -0.15) is 0 Å². The van der Waals surface area contributed by atoms with Crippen LogP contribution in [-0.2, 0) is 14.3 Å². The molecule has 3 rings (SSSR count). The summed E-state index contributed by atoms with van der Waals surface area (Å²) in [6.45, 7) is 7.26. The number of morpholine rings is 1. The second-order valence-corrected chi connectivity index (χ2v) is 6.60. The second-order valence-electron chi connectivity index (χ2n) is 6.60. The van der Waals surface area contributed by atoms with Crippen molar-refractivity contribution in [3.05, 3.63) is 0 Å². The number of piperidine rings is 1. The van der Waals surface area contributed by atoms with Crippen molar-refractivity contribution in [2.75, 3.05) is 59.7 Å². The monoisotopic (exact) mass is 340 g/mol. The Bertz CT molecular complexity index is 475. The zero-order chi connectivity index (χ0) is 17.1. The smallest absolute Gasteiger partial charge is 0.318 e. The van der Waals surface area contributed by atoms with Gasteiger partial charge in [0.25, 0.3) is 0 Å². The van der Waals surface area contributed by atoms with Gasteiger partial charge in [-0.25, -0.2) is 4.79 Å². The Morgan fingerprint density at radius 1 is 1.42 bits per heavy atom. The van der Waals surface area contributed by atoms with Crippen LogP contribution in [0.1, 0.15) is 13.3 Å². The summed E-state index contributed by atoms with van der Waals surface area (Å²) >= 11 is 0. The van der Waals surface area contributed by atoms with Gasteiger partial charge in [0.15, 0.2) is 0 Å². The average molecular weight is 340 g/mol. The molecule has 0 saturated carbocycles. The second kappa shape index (κ2) is 7.67. The van der Waals surface area contributed by atoms with E-state index >= 15 is 0 Å². The highest BCUT2D eigenvalue weighted by molar-refractivity contribution is 5.83. The highest BCUT2D eigenvalue weighted by Crippen LogP contribution is 2.24. The molecule has 3 saturated heterocycles. The average Bonchev–Trinajstić information content (AvgIpc) is 2.93. The Morgan fingerprint density at radius 2 is 2.25 bits per heavy atom. The Balaban J connectivity index is 1.61. The normalized spacial score (nSPS) is 31.1. The first kappa shape index (κ1) is 17.4. The maximum absolute atomic E-state index is 12.9. The lowest BCUT2D eigenvalue weighted by molar-refractivity contribution is -0.144. The number of carbonyl (C=O) groups excluding carboxylic acids is 2. The van der Waals surface area contributed by atoms with Crippen LogP contribution in [-0.4, -0.2) is 104 Å². The first-order valence-corrected chi connectivity index (χ1v) is 8.82. The fraction of sp³-hybridized carbons (Fsp3) is 0.875. The van der Waals surface area contributed by atoms with E-state index in [2.05, 4.69) is 17.1 Å². The minimum atomic E-state index is -0.193. The standard InChI is InChI=1S/C16H28N4O4/c1-3-18-6-9-24-11-14(18)15(21)19-5-4-13-12(10-19)17-16(22)20(13)7-8-23-2/h12-14H,3-11H2,1-2H3,(H,17,22)/t12-,13+,14?/m0/s1. The van der Waals surface area contributed by atoms with Crippen molar-refractivity contribution in [2.24, 2.45) is 0 Å². The largest absolute Gasteiger partial charge is 0.383 e. The number of methoxy groups -OCH3 is 1. The van der Waals surface area contributed by atoms with E-state index in [-0.39, 0.29) is 30.1 Å². The number of likely N-dealkylation sites (N-methyl/N-ethyl adjacent to an activating group) is 1. The molecule has 0 bridgehead atoms. The maximum Gasteiger partial charge on any atom is 0.318 e. The fourth-order valence-electron chi connectivity index (χ4n) is 3.96. The number of likely N-dealkylation sites (tertiary alicyclic amines) is 1. The Hall–Kier alpha value is -1.38. The zero-order valence-corrected chi connectivity index (χ0v) is 14.6. The number of hydrogen-bond acceptors (Lipinski definition) is 5. The lowest BCUT2D eigenvalue weighted by atomic mass is 9.99. The van der Waals surface area contributed by atoms with Crippen molar-refractivity contribution in [3.63, 3.8) is 0 Å². The molecule has 8 nitrogen and oxygen atoms in total. The van der Waals surface area contributed by atoms with Gasteiger partial charge in [0, 0.05) is 33.3 Å². The molecule has 1 unspecified atom stereocenters. The van der Waals surface area contributed by atoms with Gasteiger partial charge in [0.1, 0.15) is 6.04 Å². The molecule has 3 amide bonds. The van der Waals surface area contributed by atoms with Crippen molar-refractivity contribution in [2.45, 2.75) is 31.5 Å². The van der Waals surface area contributed by atoms with Crippen LogP contribution >= 0.6 is 0 Å². The molecule has 0 aromatic rings. The van der Waals surface area contributed by atoms with E-state index in [0.29, 0.717) is 39.5 Å². The number of urea groups is 1. The summed E-state index contributed by atoms with van der Waals surface area (Å²) in [4.78, 5) is 31.0. The van der Waals surface area contributed by atoms with Crippen molar-refractivity contribution in [3.8, 4) is 0 Å². The molecule has 24 heavy (non-hydrogen) atoms. The number of fused-ring (bicyclic) bond motifs is 1. The third kappa shape index (κ3) is 3.36. The van der Waals surface area contributed by atoms with Gasteiger partial charge in [-0.3, -0.25) is 9.69 Å². The van der Waals surface area contributed by atoms with E-state index in [1.807, 2.05) is 9.80 Å². The molecule has 8 heteroatoms. The number of carbonyl (C=O) groups is 2. The lowest BCUT2D eigenvalue weighted by Gasteiger charge is -2.41. The van der Waals surface area contributed by atoms with Crippen molar-refractivity contribution in [1.29, 1.82) is 0 Å². The summed E-state index contributed by atoms with van der Waals surface area (Å²) < 4.78 is 10.6. The van der Waals surface area contributed by atoms with Crippen LogP contribution in [0.3, 0.4) is 0 Å². The number of rotatable bonds is 5. The molecule has 0 aromatic heterocycles. The van der Waals surface area contributed by atoms with Crippen LogP contribution in [0.25, 0.3) is 0 Å². The molecule has 0 aliphatic carbocycles. The summed E-state index contributed by atoms with van der Waals surface area (Å²) in [5, 5.41) is 3.02. The molecule has 136 valence electrons. The van der Waals surface area contributed by atoms with Crippen LogP contribution in [0.4, 0.5) is 4.79 Å². The summed E-state index contributed by atoms with van der Waals surface area (Å²) in [7, 11) is 1.64. The number of nitrogens with one attached hydrogen (secondary N) is 1. The molecule has 0 spiro atoms. The van der Waals surface area contributed by atoms with Gasteiger partial charge in [0.2, 0.25) is 5.91 Å². The highest BCUT2D eigenvalue weighted by Gasteiger charge is 2.44. The third-order valence-electron chi connectivity index (χ3n) is 5.32. The molecular formula is C16H28N4O4. The predicted octanol–water partition coefficient (Wildman–Crippen LogP) is -0.652. The van der Waals surface area contributed by atoms with E-state index < -0.39 is 0 Å². The highest BCUT2D eigenvalue weighted by atomic mass is 16.5. The Labute approximate surface area is 143 Å². The van der Waals surface area contributed by atoms with Gasteiger partial charge in [-0.1, -0.05) is 6.92 Å². The maximum atomic E-state index is 12.9. The number of nitrogens with zero attached hydrogens (tertiary/aromatic N) is 3. The summed E-state index contributed by atoms with van der Waals surface area (Å²) in [5.41, 5.74) is 0. The van der Waals surface area contributed by atoms with E-state index in [4.69, 9.17) is 9.47 Å². The van der Waals surface area contributed by atoms with Gasteiger partial charge in [-0.05, 0) is 13.0 Å². The summed E-state index contributed by atoms with van der Waals surface area (Å²) in [6.07, 6.45) is 0.804. The molecule has 3 fully saturated rings. The summed E-state index contributed by atoms with van der Waals surface area (Å²) in [6, 6.07) is -0.0808. The van der Waals surface area contributed by atoms with Crippen molar-refractivity contribution >= 4 is 11.9 Å². The van der Waals surface area contributed by atoms with E-state index in [9.17, 15) is 9.59 Å². The van der Waals surface area contributed by atoms with Crippen LogP contribution < -0.4 is 5.32 Å². The van der Waals surface area contributed by atoms with Gasteiger partial charge < -0.3 is 24.6 Å². The number of ether oxygens (including phenoxy) is 2. The lowest BCUT2D eigenvalue weighted by Crippen LogP contribution is -2.59. The molecule has 3 heterocycles. The SMILES string of the molecule is CCN1CCOCC1C(=O)N1CC[C@@H]2[C@H](C1)NC(=O)N2CCOC. The topological polar surface area (TPSA) is 74.4 Å². The van der Waals surface area contributed by atoms with E-state index in [1.54, 1.807) is 7.11 Å². The van der Waals surface area contributed by atoms with E-state index in [0.717, 1.165) is 19.5 Å². The number of hydrogen-bond donors (Lipinski definition) is 1. The number of amides is 3. The van der Waals surface area contributed by atoms with E-state index in [1.165, 1.54) is 0 Å². The minimum Gasteiger partial charge on any atom is -0.383 e. The quantitative estimate of drug-likeness (QED) is 0.720. The zero-order valence-electron chi connectivity index (χ0n) is 14.6. The van der Waals surface area contributed by atoms with Crippen LogP contribution in [0.2, 0.25) is 0 Å². The summed E-state index contributed by atoms with van der Waals surface area (Å²) in [5.74, 6) is 0.125. The van der Waals surface area contributed by atoms with Crippen molar-refractivity contribution < 1.29 is 19.1 Å². The molecule has 3 atom stereocenters. The van der Waals surface area contributed by atoms with Crippen molar-refractivity contribution in [1.82, 2.24) is 20.0 Å².